The maximum absolute atomic E-state index is 12.0. The van der Waals surface area contributed by atoms with Gasteiger partial charge in [0.1, 0.15) is 5.60 Å². The van der Waals surface area contributed by atoms with Crippen molar-refractivity contribution in [3.8, 4) is 11.8 Å². The summed E-state index contributed by atoms with van der Waals surface area (Å²) in [7, 11) is 0. The Morgan fingerprint density at radius 1 is 1.15 bits per heavy atom. The highest BCUT2D eigenvalue weighted by molar-refractivity contribution is 5.87. The molecule has 0 saturated carbocycles. The minimum Gasteiger partial charge on any atom is -0.465 e. The monoisotopic (exact) mass is 368 g/mol. The van der Waals surface area contributed by atoms with Gasteiger partial charge in [-0.3, -0.25) is 15.6 Å². The van der Waals surface area contributed by atoms with Gasteiger partial charge in [0.15, 0.2) is 0 Å². The maximum atomic E-state index is 12.0. The average molecular weight is 368 g/mol. The number of nitrogens with one attached hydrogen (secondary N) is 2. The number of pyridine rings is 1. The molecular formula is C19H20N4O4. The second-order valence-corrected chi connectivity index (χ2v) is 6.57. The van der Waals surface area contributed by atoms with Gasteiger partial charge in [-0.25, -0.2) is 9.59 Å². The number of nitrogens with zero attached hydrogens (tertiary/aromatic N) is 1. The molecule has 0 aliphatic carbocycles. The molecule has 0 saturated heterocycles. The van der Waals surface area contributed by atoms with Crippen LogP contribution in [0.3, 0.4) is 0 Å². The zero-order chi connectivity index (χ0) is 20.0. The fraction of sp³-hybridized carbons (Fsp3) is 0.211. The van der Waals surface area contributed by atoms with Gasteiger partial charge >= 0.3 is 12.2 Å². The van der Waals surface area contributed by atoms with Gasteiger partial charge in [0.05, 0.1) is 23.1 Å². The standard InChI is InChI=1S/C19H20N4O4/c1-19(2,3)27-18(26)23-16-7-6-14(20)9-13(16)5-4-12-8-15(11-21-10-12)22-17(24)25/h6-11,22H,20H2,1-3H3,(H,23,26)(H,24,25). The molecule has 2 amide bonds. The summed E-state index contributed by atoms with van der Waals surface area (Å²) in [6, 6.07) is 6.43. The molecule has 8 heteroatoms. The molecular weight excluding hydrogens is 348 g/mol. The first-order chi connectivity index (χ1) is 12.6. The number of rotatable bonds is 2. The summed E-state index contributed by atoms with van der Waals surface area (Å²) in [5, 5.41) is 13.6. The van der Waals surface area contributed by atoms with Crippen LogP contribution in [0.4, 0.5) is 26.7 Å². The van der Waals surface area contributed by atoms with Crippen LogP contribution in [0.2, 0.25) is 0 Å². The van der Waals surface area contributed by atoms with E-state index in [-0.39, 0.29) is 0 Å². The Labute approximate surface area is 156 Å². The molecule has 1 aromatic carbocycles. The Morgan fingerprint density at radius 3 is 2.56 bits per heavy atom. The second kappa shape index (κ2) is 8.10. The molecule has 27 heavy (non-hydrogen) atoms. The Bertz CT molecular complexity index is 923. The Hall–Kier alpha value is -3.73. The van der Waals surface area contributed by atoms with Crippen LogP contribution in [0.1, 0.15) is 31.9 Å². The molecule has 0 aliphatic heterocycles. The number of nitrogens with two attached hydrogens (primary N) is 1. The number of nitrogen functional groups attached to an aromatic ring is 1. The van der Waals surface area contributed by atoms with Crippen LogP contribution < -0.4 is 16.4 Å². The second-order valence-electron chi connectivity index (χ2n) is 6.57. The van der Waals surface area contributed by atoms with Crippen molar-refractivity contribution in [2.24, 2.45) is 0 Å². The lowest BCUT2D eigenvalue weighted by Gasteiger charge is -2.20. The van der Waals surface area contributed by atoms with Gasteiger partial charge in [0, 0.05) is 17.4 Å². The highest BCUT2D eigenvalue weighted by Crippen LogP contribution is 2.19. The molecule has 0 spiro atoms. The number of hydrogen-bond acceptors (Lipinski definition) is 5. The van der Waals surface area contributed by atoms with Crippen molar-refractivity contribution in [1.29, 1.82) is 0 Å². The fourth-order valence-corrected chi connectivity index (χ4v) is 2.03. The van der Waals surface area contributed by atoms with Crippen LogP contribution in [0.15, 0.2) is 36.7 Å². The number of anilines is 3. The van der Waals surface area contributed by atoms with Crippen molar-refractivity contribution in [3.05, 3.63) is 47.8 Å². The zero-order valence-corrected chi connectivity index (χ0v) is 15.2. The molecule has 2 aromatic rings. The van der Waals surface area contributed by atoms with Crippen LogP contribution in [-0.2, 0) is 4.74 Å². The number of carbonyl (C=O) groups excluding carboxylic acids is 1. The lowest BCUT2D eigenvalue weighted by Crippen LogP contribution is -2.27. The summed E-state index contributed by atoms with van der Waals surface area (Å²) in [5.41, 5.74) is 7.38. The number of benzene rings is 1. The largest absolute Gasteiger partial charge is 0.465 e. The van der Waals surface area contributed by atoms with Gasteiger partial charge < -0.3 is 15.6 Å². The molecule has 8 nitrogen and oxygen atoms in total. The summed E-state index contributed by atoms with van der Waals surface area (Å²) in [6.45, 7) is 5.30. The fourth-order valence-electron chi connectivity index (χ4n) is 2.03. The molecule has 1 heterocycles. The first-order valence-electron chi connectivity index (χ1n) is 7.99. The van der Waals surface area contributed by atoms with E-state index < -0.39 is 17.8 Å². The predicted molar refractivity (Wildman–Crippen MR) is 103 cm³/mol. The zero-order valence-electron chi connectivity index (χ0n) is 15.2. The molecule has 0 radical (unpaired) electrons. The topological polar surface area (TPSA) is 127 Å². The molecule has 5 N–H and O–H groups in total. The van der Waals surface area contributed by atoms with Crippen molar-refractivity contribution < 1.29 is 19.4 Å². The van der Waals surface area contributed by atoms with Gasteiger partial charge in [-0.15, -0.1) is 0 Å². The first kappa shape index (κ1) is 19.6. The van der Waals surface area contributed by atoms with E-state index in [4.69, 9.17) is 15.6 Å². The minimum atomic E-state index is -1.19. The number of hydrogen-bond donors (Lipinski definition) is 4. The Morgan fingerprint density at radius 2 is 1.89 bits per heavy atom. The van der Waals surface area contributed by atoms with Crippen LogP contribution in [-0.4, -0.2) is 27.9 Å². The van der Waals surface area contributed by atoms with Crippen LogP contribution in [0.5, 0.6) is 0 Å². The van der Waals surface area contributed by atoms with Crippen LogP contribution >= 0.6 is 0 Å². The third kappa shape index (κ3) is 6.59. The normalized spacial score (nSPS) is 10.3. The number of ether oxygens (including phenoxy) is 1. The van der Waals surface area contributed by atoms with E-state index in [0.29, 0.717) is 28.2 Å². The van der Waals surface area contributed by atoms with Crippen LogP contribution in [0, 0.1) is 11.8 Å². The molecule has 0 aliphatic rings. The van der Waals surface area contributed by atoms with Crippen molar-refractivity contribution in [3.63, 3.8) is 0 Å². The van der Waals surface area contributed by atoms with Crippen molar-refractivity contribution in [2.75, 3.05) is 16.4 Å². The number of carboxylic acid groups (broad SMARTS) is 1. The molecule has 0 fully saturated rings. The number of carbonyl (C=O) groups is 2. The lowest BCUT2D eigenvalue weighted by atomic mass is 10.1. The third-order valence-corrected chi connectivity index (χ3v) is 3.01. The van der Waals surface area contributed by atoms with Gasteiger partial charge in [-0.05, 0) is 45.0 Å². The minimum absolute atomic E-state index is 0.300. The van der Waals surface area contributed by atoms with E-state index in [1.165, 1.54) is 12.4 Å². The lowest BCUT2D eigenvalue weighted by molar-refractivity contribution is 0.0636. The molecule has 0 bridgehead atoms. The van der Waals surface area contributed by atoms with E-state index in [1.54, 1.807) is 45.0 Å². The predicted octanol–water partition coefficient (Wildman–Crippen LogP) is 3.50. The molecule has 0 unspecified atom stereocenters. The summed E-state index contributed by atoms with van der Waals surface area (Å²) in [4.78, 5) is 26.6. The maximum Gasteiger partial charge on any atom is 0.412 e. The highest BCUT2D eigenvalue weighted by atomic mass is 16.6. The average Bonchev–Trinajstić information content (AvgIpc) is 2.53. The van der Waals surface area contributed by atoms with Gasteiger partial charge in [-0.1, -0.05) is 11.8 Å². The van der Waals surface area contributed by atoms with Gasteiger partial charge in [-0.2, -0.15) is 0 Å². The van der Waals surface area contributed by atoms with Crippen molar-refractivity contribution in [1.82, 2.24) is 4.98 Å². The van der Waals surface area contributed by atoms with E-state index in [0.717, 1.165) is 0 Å². The quantitative estimate of drug-likeness (QED) is 0.475. The molecule has 1 aromatic heterocycles. The summed E-state index contributed by atoms with van der Waals surface area (Å²) < 4.78 is 5.24. The van der Waals surface area contributed by atoms with Crippen molar-refractivity contribution in [2.45, 2.75) is 26.4 Å². The van der Waals surface area contributed by atoms with E-state index in [1.807, 2.05) is 0 Å². The first-order valence-corrected chi connectivity index (χ1v) is 7.99. The molecule has 140 valence electrons. The molecule has 0 atom stereocenters. The van der Waals surface area contributed by atoms with E-state index in [9.17, 15) is 9.59 Å². The molecule has 2 rings (SSSR count). The third-order valence-electron chi connectivity index (χ3n) is 3.01. The SMILES string of the molecule is CC(C)(C)OC(=O)Nc1ccc(N)cc1C#Cc1cncc(NC(=O)O)c1. The smallest absolute Gasteiger partial charge is 0.412 e. The van der Waals surface area contributed by atoms with Crippen LogP contribution in [0.25, 0.3) is 0 Å². The summed E-state index contributed by atoms with van der Waals surface area (Å²) >= 11 is 0. The highest BCUT2D eigenvalue weighted by Gasteiger charge is 2.17. The Balaban J connectivity index is 2.27. The van der Waals surface area contributed by atoms with Crippen molar-refractivity contribution >= 4 is 29.2 Å². The van der Waals surface area contributed by atoms with Gasteiger partial charge in [0.25, 0.3) is 0 Å². The van der Waals surface area contributed by atoms with E-state index in [2.05, 4.69) is 27.5 Å². The Kier molecular flexibility index (Phi) is 5.88. The summed E-state index contributed by atoms with van der Waals surface area (Å²) in [5.74, 6) is 5.77. The number of amides is 2. The number of aromatic nitrogens is 1. The van der Waals surface area contributed by atoms with E-state index >= 15 is 0 Å². The van der Waals surface area contributed by atoms with Gasteiger partial charge in [0.2, 0.25) is 0 Å². The summed E-state index contributed by atoms with van der Waals surface area (Å²) in [6.07, 6.45) is 1.06.